The summed E-state index contributed by atoms with van der Waals surface area (Å²) in [6, 6.07) is 10.5. The zero-order valence-electron chi connectivity index (χ0n) is 23.9. The Kier molecular flexibility index (Phi) is 8.23. The summed E-state index contributed by atoms with van der Waals surface area (Å²) >= 11 is 6.41. The summed E-state index contributed by atoms with van der Waals surface area (Å²) in [5.41, 5.74) is 0.444. The van der Waals surface area contributed by atoms with Crippen molar-refractivity contribution in [2.45, 2.75) is 45.3 Å². The van der Waals surface area contributed by atoms with Crippen molar-refractivity contribution < 1.29 is 28.6 Å². The van der Waals surface area contributed by atoms with Crippen LogP contribution in [0.15, 0.2) is 72.5 Å². The number of aliphatic hydroxyl groups is 1. The Morgan fingerprint density at radius 2 is 1.86 bits per heavy atom. The van der Waals surface area contributed by atoms with E-state index in [0.717, 1.165) is 4.90 Å². The van der Waals surface area contributed by atoms with Crippen LogP contribution in [0.25, 0.3) is 16.8 Å². The van der Waals surface area contributed by atoms with Gasteiger partial charge in [0.2, 0.25) is 5.96 Å². The number of hydrogen-bond acceptors (Lipinski definition) is 6. The molecule has 3 N–H and O–H groups in total. The molecular formula is C29H29ClF2N8O4. The van der Waals surface area contributed by atoms with Crippen LogP contribution in [0.5, 0.6) is 0 Å². The van der Waals surface area contributed by atoms with Gasteiger partial charge < -0.3 is 15.5 Å². The number of nitrogens with zero attached hydrogens (tertiary/aromatic N) is 7. The molecule has 2 amide bonds. The van der Waals surface area contributed by atoms with Gasteiger partial charge in [0.1, 0.15) is 18.2 Å². The van der Waals surface area contributed by atoms with Crippen molar-refractivity contribution in [3.8, 4) is 16.8 Å². The van der Waals surface area contributed by atoms with Gasteiger partial charge in [0.25, 0.3) is 5.91 Å². The largest absolute Gasteiger partial charge is 0.463 e. The Morgan fingerprint density at radius 3 is 2.43 bits per heavy atom. The molecule has 230 valence electrons. The minimum atomic E-state index is -2.79. The van der Waals surface area contributed by atoms with E-state index >= 15 is 0 Å². The predicted octanol–water partition coefficient (Wildman–Crippen LogP) is 5.01. The molecule has 1 fully saturated rings. The standard InChI is InChI=1S/C29H29ClF2N8O4/c1-28(2,3)14-29(20-7-4-17(5-8-20)19-11-34-38(12-19)25(31)32)24(42)40(26(37-29)36-27(43)44)23(13-41)18-6-9-21(30)22(10-18)39-16-33-15-35-39/h4-12,15-16,23,25,41H,13-14H2,1-3H3,(H,36,37)(H,43,44)/t23-,29-/m1/s1. The zero-order valence-corrected chi connectivity index (χ0v) is 24.7. The van der Waals surface area contributed by atoms with Gasteiger partial charge >= 0.3 is 12.6 Å². The highest BCUT2D eigenvalue weighted by Gasteiger charge is 2.55. The van der Waals surface area contributed by atoms with E-state index in [9.17, 15) is 28.6 Å². The van der Waals surface area contributed by atoms with Crippen LogP contribution in [0.2, 0.25) is 5.02 Å². The monoisotopic (exact) mass is 626 g/mol. The SMILES string of the molecule is CC(C)(C)C[C@]1(c2ccc(-c3cnn(C(F)F)c3)cc2)N/C(=N\C(=O)O)N([C@H](CO)c2ccc(Cl)c(-n3cncn3)c2)C1=O. The highest BCUT2D eigenvalue weighted by Crippen LogP contribution is 2.43. The first-order valence-corrected chi connectivity index (χ1v) is 13.8. The van der Waals surface area contributed by atoms with Crippen LogP contribution in [-0.4, -0.2) is 64.2 Å². The molecule has 1 aliphatic rings. The van der Waals surface area contributed by atoms with Crippen LogP contribution in [0.3, 0.4) is 0 Å². The van der Waals surface area contributed by atoms with Gasteiger partial charge in [0, 0.05) is 11.8 Å². The molecule has 15 heteroatoms. The smallest absolute Gasteiger partial charge is 0.434 e. The van der Waals surface area contributed by atoms with E-state index in [1.165, 1.54) is 29.7 Å². The highest BCUT2D eigenvalue weighted by molar-refractivity contribution is 6.32. The molecule has 0 unspecified atom stereocenters. The predicted molar refractivity (Wildman–Crippen MR) is 156 cm³/mol. The normalized spacial score (nSPS) is 18.7. The number of carbonyl (C=O) groups excluding carboxylic acids is 1. The molecule has 2 aromatic carbocycles. The Hall–Kier alpha value is -4.69. The molecule has 2 atom stereocenters. The number of hydrogen-bond donors (Lipinski definition) is 3. The number of benzene rings is 2. The summed E-state index contributed by atoms with van der Waals surface area (Å²) in [4.78, 5) is 35.3. The molecule has 0 aliphatic carbocycles. The van der Waals surface area contributed by atoms with Crippen LogP contribution in [-0.2, 0) is 10.3 Å². The molecule has 0 spiro atoms. The Labute approximate surface area is 255 Å². The van der Waals surface area contributed by atoms with E-state index in [-0.39, 0.29) is 12.4 Å². The Balaban J connectivity index is 1.61. The van der Waals surface area contributed by atoms with E-state index in [1.807, 2.05) is 20.8 Å². The lowest BCUT2D eigenvalue weighted by atomic mass is 9.75. The number of halogens is 3. The van der Waals surface area contributed by atoms with Crippen molar-refractivity contribution in [2.24, 2.45) is 10.4 Å². The van der Waals surface area contributed by atoms with Crippen LogP contribution in [0.1, 0.15) is 50.9 Å². The first-order valence-electron chi connectivity index (χ1n) is 13.4. The third-order valence-electron chi connectivity index (χ3n) is 7.15. The number of carboxylic acid groups (broad SMARTS) is 1. The average Bonchev–Trinajstić information content (AvgIpc) is 3.72. The Bertz CT molecular complexity index is 1700. The van der Waals surface area contributed by atoms with Crippen molar-refractivity contribution >= 4 is 29.6 Å². The van der Waals surface area contributed by atoms with Crippen LogP contribution in [0, 0.1) is 5.41 Å². The number of aliphatic imine (C=N–C) groups is 1. The number of guanidine groups is 1. The second-order valence-electron chi connectivity index (χ2n) is 11.5. The molecule has 4 aromatic rings. The number of amides is 2. The van der Waals surface area contributed by atoms with E-state index in [2.05, 4.69) is 25.5 Å². The number of nitrogens with one attached hydrogen (secondary N) is 1. The van der Waals surface area contributed by atoms with E-state index in [0.29, 0.717) is 37.6 Å². The van der Waals surface area contributed by atoms with Crippen LogP contribution < -0.4 is 5.32 Å². The lowest BCUT2D eigenvalue weighted by Gasteiger charge is -2.35. The molecule has 2 aromatic heterocycles. The van der Waals surface area contributed by atoms with Crippen molar-refractivity contribution in [3.05, 3.63) is 83.7 Å². The van der Waals surface area contributed by atoms with E-state index < -0.39 is 42.2 Å². The minimum absolute atomic E-state index is 0.208. The maximum atomic E-state index is 14.6. The molecule has 3 heterocycles. The number of carbonyl (C=O) groups is 2. The van der Waals surface area contributed by atoms with Crippen LogP contribution >= 0.6 is 11.6 Å². The fraction of sp³-hybridized carbons (Fsp3) is 0.310. The fourth-order valence-corrected chi connectivity index (χ4v) is 5.61. The number of aromatic nitrogens is 5. The summed E-state index contributed by atoms with van der Waals surface area (Å²) in [5, 5.41) is 31.5. The van der Waals surface area contributed by atoms with Gasteiger partial charge in [0.15, 0.2) is 0 Å². The maximum absolute atomic E-state index is 14.6. The molecular weight excluding hydrogens is 598 g/mol. The molecule has 0 radical (unpaired) electrons. The summed E-state index contributed by atoms with van der Waals surface area (Å²) in [6.07, 6.45) is 3.97. The van der Waals surface area contributed by atoms with Crippen molar-refractivity contribution in [3.63, 3.8) is 0 Å². The van der Waals surface area contributed by atoms with Crippen molar-refractivity contribution in [1.82, 2.24) is 34.8 Å². The first-order chi connectivity index (χ1) is 20.8. The Morgan fingerprint density at radius 1 is 1.14 bits per heavy atom. The molecule has 44 heavy (non-hydrogen) atoms. The summed E-state index contributed by atoms with van der Waals surface area (Å²) in [5.74, 6) is -0.799. The van der Waals surface area contributed by atoms with E-state index in [1.54, 1.807) is 42.5 Å². The number of alkyl halides is 2. The van der Waals surface area contributed by atoms with Crippen LogP contribution in [0.4, 0.5) is 13.6 Å². The van der Waals surface area contributed by atoms with Gasteiger partial charge in [-0.1, -0.05) is 62.7 Å². The quantitative estimate of drug-likeness (QED) is 0.247. The maximum Gasteiger partial charge on any atom is 0.434 e. The third-order valence-corrected chi connectivity index (χ3v) is 7.47. The molecule has 0 saturated carbocycles. The van der Waals surface area contributed by atoms with Gasteiger partial charge in [-0.25, -0.2) is 19.1 Å². The highest BCUT2D eigenvalue weighted by atomic mass is 35.5. The number of aliphatic hydroxyl groups excluding tert-OH is 1. The molecule has 12 nitrogen and oxygen atoms in total. The van der Waals surface area contributed by atoms with Gasteiger partial charge in [0.05, 0.1) is 29.6 Å². The second kappa shape index (κ2) is 11.8. The topological polar surface area (TPSA) is 151 Å². The summed E-state index contributed by atoms with van der Waals surface area (Å²) in [6.45, 7) is 2.43. The van der Waals surface area contributed by atoms with E-state index in [4.69, 9.17) is 11.6 Å². The van der Waals surface area contributed by atoms with Gasteiger partial charge in [-0.05, 0) is 40.7 Å². The summed E-state index contributed by atoms with van der Waals surface area (Å²) in [7, 11) is 0. The molecule has 5 rings (SSSR count). The summed E-state index contributed by atoms with van der Waals surface area (Å²) < 4.78 is 28.1. The average molecular weight is 627 g/mol. The zero-order chi connectivity index (χ0) is 31.8. The second-order valence-corrected chi connectivity index (χ2v) is 11.9. The van der Waals surface area contributed by atoms with Gasteiger partial charge in [-0.3, -0.25) is 9.69 Å². The third kappa shape index (κ3) is 5.90. The lowest BCUT2D eigenvalue weighted by Crippen LogP contribution is -2.47. The van der Waals surface area contributed by atoms with Crippen molar-refractivity contribution in [2.75, 3.05) is 6.61 Å². The molecule has 1 saturated heterocycles. The lowest BCUT2D eigenvalue weighted by molar-refractivity contribution is -0.134. The number of rotatable bonds is 8. The first kappa shape index (κ1) is 30.8. The fourth-order valence-electron chi connectivity index (χ4n) is 5.40. The van der Waals surface area contributed by atoms with Crippen molar-refractivity contribution in [1.29, 1.82) is 0 Å². The van der Waals surface area contributed by atoms with Gasteiger partial charge in [-0.2, -0.15) is 19.0 Å². The van der Waals surface area contributed by atoms with Gasteiger partial charge in [-0.15, -0.1) is 4.99 Å². The minimum Gasteiger partial charge on any atom is -0.463 e. The molecule has 0 bridgehead atoms. The molecule has 1 aliphatic heterocycles.